The van der Waals surface area contributed by atoms with Gasteiger partial charge < -0.3 is 27.9 Å². The van der Waals surface area contributed by atoms with Gasteiger partial charge in [0.1, 0.15) is 19.8 Å². The zero-order valence-corrected chi connectivity index (χ0v) is 41.5. The van der Waals surface area contributed by atoms with Crippen molar-refractivity contribution in [3.8, 4) is 0 Å². The summed E-state index contributed by atoms with van der Waals surface area (Å²) >= 11 is 0. The maximum atomic E-state index is 12.7. The number of unbranched alkanes of at least 4 members (excludes halogenated alkanes) is 29. The third kappa shape index (κ3) is 47.8. The molecule has 0 aromatic rings. The Hall–Kier alpha value is -1.51. The topological polar surface area (TPSA) is 111 Å². The monoisotopic (exact) mass is 884 g/mol. The minimum Gasteiger partial charge on any atom is -0.756 e. The van der Waals surface area contributed by atoms with E-state index in [0.29, 0.717) is 17.4 Å². The molecule has 2 unspecified atom stereocenters. The van der Waals surface area contributed by atoms with Crippen LogP contribution in [0.15, 0.2) is 24.3 Å². The fourth-order valence-electron chi connectivity index (χ4n) is 7.20. The van der Waals surface area contributed by atoms with Crippen LogP contribution >= 0.6 is 7.82 Å². The van der Waals surface area contributed by atoms with Crippen molar-refractivity contribution in [2.75, 3.05) is 47.5 Å². The molecule has 0 saturated heterocycles. The number of carbonyl (C=O) groups excluding carboxylic acids is 2. The predicted octanol–water partition coefficient (Wildman–Crippen LogP) is 14.5. The largest absolute Gasteiger partial charge is 0.756 e. The molecular weight excluding hydrogens is 786 g/mol. The van der Waals surface area contributed by atoms with Crippen LogP contribution < -0.4 is 4.89 Å². The van der Waals surface area contributed by atoms with Crippen LogP contribution in [0, 0.1) is 0 Å². The van der Waals surface area contributed by atoms with Crippen LogP contribution in [0.5, 0.6) is 0 Å². The Bertz CT molecular complexity index is 1090. The Kier molecular flexibility index (Phi) is 42.6. The summed E-state index contributed by atoms with van der Waals surface area (Å²) in [5, 5.41) is 0. The van der Waals surface area contributed by atoms with Crippen molar-refractivity contribution >= 4 is 19.8 Å². The van der Waals surface area contributed by atoms with Gasteiger partial charge in [-0.2, -0.15) is 0 Å². The van der Waals surface area contributed by atoms with Crippen LogP contribution in [0.3, 0.4) is 0 Å². The highest BCUT2D eigenvalue weighted by atomic mass is 31.2. The van der Waals surface area contributed by atoms with E-state index in [2.05, 4.69) is 38.2 Å². The van der Waals surface area contributed by atoms with Gasteiger partial charge in [-0.15, -0.1) is 0 Å². The lowest BCUT2D eigenvalue weighted by atomic mass is 10.0. The average molecular weight is 884 g/mol. The molecular formula is C51H98NO8P. The third-order valence-electron chi connectivity index (χ3n) is 11.2. The first-order valence-electron chi connectivity index (χ1n) is 25.5. The number of carbonyl (C=O) groups is 2. The number of quaternary nitrogens is 1. The minimum absolute atomic E-state index is 0.0317. The molecule has 360 valence electrons. The van der Waals surface area contributed by atoms with Crippen LogP contribution in [0.1, 0.15) is 239 Å². The number of nitrogens with zero attached hydrogens (tertiary/aromatic N) is 1. The Morgan fingerprint density at radius 1 is 0.508 bits per heavy atom. The lowest BCUT2D eigenvalue weighted by Crippen LogP contribution is -2.37. The highest BCUT2D eigenvalue weighted by molar-refractivity contribution is 7.45. The van der Waals surface area contributed by atoms with Crippen molar-refractivity contribution in [1.29, 1.82) is 0 Å². The maximum absolute atomic E-state index is 12.7. The zero-order chi connectivity index (χ0) is 45.0. The number of phosphoric ester groups is 1. The van der Waals surface area contributed by atoms with Gasteiger partial charge in [0.15, 0.2) is 6.10 Å². The molecule has 0 aliphatic carbocycles. The van der Waals surface area contributed by atoms with Crippen LogP contribution in [-0.2, 0) is 32.7 Å². The fraction of sp³-hybridized carbons (Fsp3) is 0.882. The van der Waals surface area contributed by atoms with Gasteiger partial charge in [-0.05, 0) is 38.5 Å². The number of likely N-dealkylation sites (N-methyl/N-ethyl adjacent to an activating group) is 1. The Balaban J connectivity index is 4.17. The summed E-state index contributed by atoms with van der Waals surface area (Å²) in [5.41, 5.74) is 0. The first kappa shape index (κ1) is 59.5. The van der Waals surface area contributed by atoms with E-state index in [4.69, 9.17) is 18.5 Å². The molecule has 2 atom stereocenters. The molecule has 0 fully saturated rings. The van der Waals surface area contributed by atoms with Crippen molar-refractivity contribution in [1.82, 2.24) is 0 Å². The highest BCUT2D eigenvalue weighted by Crippen LogP contribution is 2.38. The molecule has 0 saturated carbocycles. The molecule has 61 heavy (non-hydrogen) atoms. The van der Waals surface area contributed by atoms with E-state index in [1.54, 1.807) is 0 Å². The summed E-state index contributed by atoms with van der Waals surface area (Å²) in [5.74, 6) is -0.839. The molecule has 0 aliphatic heterocycles. The third-order valence-corrected chi connectivity index (χ3v) is 12.2. The van der Waals surface area contributed by atoms with E-state index in [0.717, 1.165) is 64.2 Å². The smallest absolute Gasteiger partial charge is 0.306 e. The quantitative estimate of drug-likeness (QED) is 0.0195. The first-order chi connectivity index (χ1) is 29.5. The molecule has 0 N–H and O–H groups in total. The predicted molar refractivity (Wildman–Crippen MR) is 254 cm³/mol. The normalized spacial score (nSPS) is 13.6. The Morgan fingerprint density at radius 3 is 1.34 bits per heavy atom. The van der Waals surface area contributed by atoms with E-state index in [9.17, 15) is 19.0 Å². The summed E-state index contributed by atoms with van der Waals surface area (Å²) in [7, 11) is 1.16. The van der Waals surface area contributed by atoms with Crippen LogP contribution in [0.25, 0.3) is 0 Å². The van der Waals surface area contributed by atoms with Crippen LogP contribution in [-0.4, -0.2) is 70.0 Å². The SMILES string of the molecule is CCCC/C=C\C/C=C\CCCCCCCC(=O)OC(COC(=O)CCCCCCCCCCCCCCCCCCCCCCCCC)COP(=O)([O-])OCC[N+](C)(C)C. The standard InChI is InChI=1S/C51H98NO8P/c1-6-8-10-12-14-16-18-20-22-23-24-25-26-27-28-29-30-32-33-35-37-39-41-43-50(53)57-47-49(48-59-61(55,56)58-46-45-52(3,4)5)60-51(54)44-42-40-38-36-34-31-21-19-17-15-13-11-9-7-2/h13,15,19,21,49H,6-12,14,16-18,20,22-48H2,1-5H3/b15-13-,21-19-. The Labute approximate surface area is 377 Å². The second-order valence-electron chi connectivity index (χ2n) is 18.5. The summed E-state index contributed by atoms with van der Waals surface area (Å²) in [6.45, 7) is 4.21. The second kappa shape index (κ2) is 43.7. The Morgan fingerprint density at radius 2 is 0.902 bits per heavy atom. The van der Waals surface area contributed by atoms with E-state index in [1.807, 2.05) is 21.1 Å². The molecule has 0 spiro atoms. The molecule has 9 nitrogen and oxygen atoms in total. The van der Waals surface area contributed by atoms with Crippen molar-refractivity contribution in [3.05, 3.63) is 24.3 Å². The molecule has 0 aromatic carbocycles. The van der Waals surface area contributed by atoms with Crippen molar-refractivity contribution in [2.24, 2.45) is 0 Å². The van der Waals surface area contributed by atoms with Gasteiger partial charge in [0.05, 0.1) is 27.7 Å². The highest BCUT2D eigenvalue weighted by Gasteiger charge is 2.21. The summed E-state index contributed by atoms with van der Waals surface area (Å²) in [4.78, 5) is 37.7. The van der Waals surface area contributed by atoms with E-state index >= 15 is 0 Å². The van der Waals surface area contributed by atoms with Gasteiger partial charge in [0.25, 0.3) is 7.82 Å². The number of phosphoric acid groups is 1. The molecule has 0 amide bonds. The number of esters is 2. The second-order valence-corrected chi connectivity index (χ2v) is 20.0. The number of hydrogen-bond acceptors (Lipinski definition) is 8. The average Bonchev–Trinajstić information content (AvgIpc) is 3.21. The summed E-state index contributed by atoms with van der Waals surface area (Å²) < 4.78 is 34.0. The summed E-state index contributed by atoms with van der Waals surface area (Å²) in [6, 6.07) is 0. The molecule has 0 aliphatic rings. The van der Waals surface area contributed by atoms with E-state index < -0.39 is 26.5 Å². The number of ether oxygens (including phenoxy) is 2. The lowest BCUT2D eigenvalue weighted by Gasteiger charge is -2.28. The van der Waals surface area contributed by atoms with Crippen LogP contribution in [0.4, 0.5) is 0 Å². The molecule has 0 bridgehead atoms. The lowest BCUT2D eigenvalue weighted by molar-refractivity contribution is -0.870. The van der Waals surface area contributed by atoms with Gasteiger partial charge in [-0.1, -0.05) is 212 Å². The molecule has 0 rings (SSSR count). The van der Waals surface area contributed by atoms with Gasteiger partial charge in [-0.3, -0.25) is 14.2 Å². The van der Waals surface area contributed by atoms with Gasteiger partial charge >= 0.3 is 11.9 Å². The molecule has 0 aromatic heterocycles. The van der Waals surface area contributed by atoms with Crippen LogP contribution in [0.2, 0.25) is 0 Å². The summed E-state index contributed by atoms with van der Waals surface area (Å²) in [6.07, 6.45) is 49.3. The van der Waals surface area contributed by atoms with E-state index in [-0.39, 0.29) is 32.0 Å². The maximum Gasteiger partial charge on any atom is 0.306 e. The van der Waals surface area contributed by atoms with Crippen molar-refractivity contribution in [2.45, 2.75) is 245 Å². The number of allylic oxidation sites excluding steroid dienone is 4. The fourth-order valence-corrected chi connectivity index (χ4v) is 7.93. The number of hydrogen-bond donors (Lipinski definition) is 0. The molecule has 10 heteroatoms. The molecule has 0 radical (unpaired) electrons. The van der Waals surface area contributed by atoms with Crippen molar-refractivity contribution in [3.63, 3.8) is 0 Å². The first-order valence-corrected chi connectivity index (χ1v) is 27.0. The van der Waals surface area contributed by atoms with Crippen molar-refractivity contribution < 1.29 is 42.1 Å². The molecule has 0 heterocycles. The van der Waals surface area contributed by atoms with Gasteiger partial charge in [0, 0.05) is 12.8 Å². The van der Waals surface area contributed by atoms with Gasteiger partial charge in [0.2, 0.25) is 0 Å². The number of rotatable bonds is 47. The minimum atomic E-state index is -4.63. The van der Waals surface area contributed by atoms with Gasteiger partial charge in [-0.25, -0.2) is 0 Å². The van der Waals surface area contributed by atoms with E-state index in [1.165, 1.54) is 141 Å². The zero-order valence-electron chi connectivity index (χ0n) is 40.6.